The molecule has 1 rings (SSSR count). The van der Waals surface area contributed by atoms with Crippen molar-refractivity contribution in [2.45, 2.75) is 25.9 Å². The number of rotatable bonds is 4. The second kappa shape index (κ2) is 5.69. The van der Waals surface area contributed by atoms with Crippen molar-refractivity contribution in [3.05, 3.63) is 0 Å². The van der Waals surface area contributed by atoms with E-state index in [2.05, 4.69) is 10.8 Å². The molecule has 1 saturated heterocycles. The zero-order valence-corrected chi connectivity index (χ0v) is 9.89. The summed E-state index contributed by atoms with van der Waals surface area (Å²) in [5.41, 5.74) is -0.274. The lowest BCUT2D eigenvalue weighted by Crippen LogP contribution is -2.39. The SMILES string of the molecule is CC1(C#N)CCN(CCOCC(F)(F)F)CC1. The molecule has 0 aromatic carbocycles. The minimum absolute atomic E-state index is 0.0861. The molecule has 0 saturated carbocycles. The number of hydrogen-bond acceptors (Lipinski definition) is 3. The maximum Gasteiger partial charge on any atom is 0.411 e. The quantitative estimate of drug-likeness (QED) is 0.718. The summed E-state index contributed by atoms with van der Waals surface area (Å²) in [6, 6.07) is 2.28. The number of alkyl halides is 3. The number of ether oxygens (including phenoxy) is 1. The molecule has 0 N–H and O–H groups in total. The summed E-state index contributed by atoms with van der Waals surface area (Å²) in [6.45, 7) is 2.82. The Hall–Kier alpha value is -0.800. The van der Waals surface area contributed by atoms with E-state index in [0.29, 0.717) is 6.54 Å². The molecule has 0 radical (unpaired) electrons. The lowest BCUT2D eigenvalue weighted by atomic mass is 9.82. The van der Waals surface area contributed by atoms with E-state index in [-0.39, 0.29) is 12.0 Å². The summed E-state index contributed by atoms with van der Waals surface area (Å²) in [4.78, 5) is 2.04. The van der Waals surface area contributed by atoms with Crippen molar-refractivity contribution in [2.75, 3.05) is 32.8 Å². The molecular formula is C11H17F3N2O. The maximum absolute atomic E-state index is 11.8. The third-order valence-electron chi connectivity index (χ3n) is 3.05. The Labute approximate surface area is 99.1 Å². The van der Waals surface area contributed by atoms with E-state index in [0.717, 1.165) is 25.9 Å². The van der Waals surface area contributed by atoms with Gasteiger partial charge in [-0.1, -0.05) is 0 Å². The Morgan fingerprint density at radius 2 is 1.94 bits per heavy atom. The fourth-order valence-corrected chi connectivity index (χ4v) is 1.76. The molecule has 1 aliphatic heterocycles. The average Bonchev–Trinajstić information content (AvgIpc) is 2.26. The molecule has 0 spiro atoms. The highest BCUT2D eigenvalue weighted by atomic mass is 19.4. The van der Waals surface area contributed by atoms with E-state index in [1.54, 1.807) is 0 Å². The van der Waals surface area contributed by atoms with Crippen LogP contribution in [-0.4, -0.2) is 43.9 Å². The van der Waals surface area contributed by atoms with Crippen LogP contribution in [0.25, 0.3) is 0 Å². The van der Waals surface area contributed by atoms with Crippen LogP contribution < -0.4 is 0 Å². The molecule has 0 aromatic heterocycles. The molecule has 0 unspecified atom stereocenters. The zero-order valence-electron chi connectivity index (χ0n) is 9.89. The molecule has 0 amide bonds. The van der Waals surface area contributed by atoms with Crippen LogP contribution in [0.5, 0.6) is 0 Å². The summed E-state index contributed by atoms with van der Waals surface area (Å²) in [7, 11) is 0. The molecular weight excluding hydrogens is 233 g/mol. The Balaban J connectivity index is 2.13. The molecule has 1 aliphatic rings. The largest absolute Gasteiger partial charge is 0.411 e. The number of piperidine rings is 1. The summed E-state index contributed by atoms with van der Waals surface area (Å²) in [6.07, 6.45) is -2.72. The maximum atomic E-state index is 11.8. The molecule has 1 fully saturated rings. The topological polar surface area (TPSA) is 36.3 Å². The lowest BCUT2D eigenvalue weighted by Gasteiger charge is -2.34. The second-order valence-corrected chi connectivity index (χ2v) is 4.68. The van der Waals surface area contributed by atoms with Crippen LogP contribution in [0.1, 0.15) is 19.8 Å². The molecule has 0 aromatic rings. The third-order valence-corrected chi connectivity index (χ3v) is 3.05. The molecule has 17 heavy (non-hydrogen) atoms. The number of halogens is 3. The van der Waals surface area contributed by atoms with Crippen LogP contribution in [0.3, 0.4) is 0 Å². The standard InChI is InChI=1S/C11H17F3N2O/c1-10(8-15)2-4-16(5-3-10)6-7-17-9-11(12,13)14/h2-7,9H2,1H3. The number of nitrogens with zero attached hydrogens (tertiary/aromatic N) is 2. The number of likely N-dealkylation sites (tertiary alicyclic amines) is 1. The highest BCUT2D eigenvalue weighted by Crippen LogP contribution is 2.29. The van der Waals surface area contributed by atoms with Crippen molar-refractivity contribution >= 4 is 0 Å². The summed E-state index contributed by atoms with van der Waals surface area (Å²) < 4.78 is 39.9. The molecule has 6 heteroatoms. The molecule has 1 heterocycles. The van der Waals surface area contributed by atoms with E-state index in [9.17, 15) is 13.2 Å². The molecule has 0 bridgehead atoms. The van der Waals surface area contributed by atoms with Crippen LogP contribution in [0, 0.1) is 16.7 Å². The first kappa shape index (κ1) is 14.3. The van der Waals surface area contributed by atoms with E-state index >= 15 is 0 Å². The predicted octanol–water partition coefficient (Wildman–Crippen LogP) is 2.19. The minimum atomic E-state index is -4.25. The van der Waals surface area contributed by atoms with Crippen LogP contribution >= 0.6 is 0 Å². The first-order valence-corrected chi connectivity index (χ1v) is 5.63. The zero-order chi connectivity index (χ0) is 12.9. The van der Waals surface area contributed by atoms with Crippen molar-refractivity contribution < 1.29 is 17.9 Å². The van der Waals surface area contributed by atoms with Gasteiger partial charge in [0.1, 0.15) is 6.61 Å². The second-order valence-electron chi connectivity index (χ2n) is 4.68. The van der Waals surface area contributed by atoms with Crippen LogP contribution in [0.4, 0.5) is 13.2 Å². The van der Waals surface area contributed by atoms with Gasteiger partial charge >= 0.3 is 6.18 Å². The first-order valence-electron chi connectivity index (χ1n) is 5.63. The van der Waals surface area contributed by atoms with Gasteiger partial charge in [0, 0.05) is 6.54 Å². The molecule has 3 nitrogen and oxygen atoms in total. The van der Waals surface area contributed by atoms with Crippen LogP contribution in [-0.2, 0) is 4.74 Å². The fourth-order valence-electron chi connectivity index (χ4n) is 1.76. The van der Waals surface area contributed by atoms with Gasteiger partial charge in [0.05, 0.1) is 18.1 Å². The molecule has 98 valence electrons. The van der Waals surface area contributed by atoms with E-state index in [1.165, 1.54) is 0 Å². The third kappa shape index (κ3) is 5.37. The fraction of sp³-hybridized carbons (Fsp3) is 0.909. The van der Waals surface area contributed by atoms with Gasteiger partial charge in [-0.3, -0.25) is 0 Å². The van der Waals surface area contributed by atoms with Crippen molar-refractivity contribution in [1.82, 2.24) is 4.90 Å². The van der Waals surface area contributed by atoms with E-state index < -0.39 is 12.8 Å². The Bertz CT molecular complexity index is 277. The van der Waals surface area contributed by atoms with Gasteiger partial charge < -0.3 is 9.64 Å². The minimum Gasteiger partial charge on any atom is -0.371 e. The first-order chi connectivity index (χ1) is 7.85. The van der Waals surface area contributed by atoms with Crippen LogP contribution in [0.15, 0.2) is 0 Å². The Kier molecular flexibility index (Phi) is 4.78. The van der Waals surface area contributed by atoms with Crippen molar-refractivity contribution in [3.8, 4) is 6.07 Å². The van der Waals surface area contributed by atoms with Gasteiger partial charge in [0.25, 0.3) is 0 Å². The van der Waals surface area contributed by atoms with Gasteiger partial charge in [-0.05, 0) is 32.9 Å². The van der Waals surface area contributed by atoms with Gasteiger partial charge in [-0.2, -0.15) is 18.4 Å². The van der Waals surface area contributed by atoms with Crippen molar-refractivity contribution in [1.29, 1.82) is 5.26 Å². The summed E-state index contributed by atoms with van der Waals surface area (Å²) >= 11 is 0. The van der Waals surface area contributed by atoms with Gasteiger partial charge in [-0.25, -0.2) is 0 Å². The monoisotopic (exact) mass is 250 g/mol. The Morgan fingerprint density at radius 3 is 2.41 bits per heavy atom. The molecule has 0 aliphatic carbocycles. The van der Waals surface area contributed by atoms with Crippen molar-refractivity contribution in [3.63, 3.8) is 0 Å². The highest BCUT2D eigenvalue weighted by Gasteiger charge is 2.30. The average molecular weight is 250 g/mol. The van der Waals surface area contributed by atoms with Gasteiger partial charge in [0.15, 0.2) is 0 Å². The highest BCUT2D eigenvalue weighted by molar-refractivity contribution is 4.98. The summed E-state index contributed by atoms with van der Waals surface area (Å²) in [5, 5.41) is 8.92. The van der Waals surface area contributed by atoms with Gasteiger partial charge in [0.2, 0.25) is 0 Å². The summed E-state index contributed by atoms with van der Waals surface area (Å²) in [5.74, 6) is 0. The Morgan fingerprint density at radius 1 is 1.35 bits per heavy atom. The number of hydrogen-bond donors (Lipinski definition) is 0. The smallest absolute Gasteiger partial charge is 0.371 e. The predicted molar refractivity (Wildman–Crippen MR) is 56.3 cm³/mol. The normalized spacial score (nSPS) is 21.1. The lowest BCUT2D eigenvalue weighted by molar-refractivity contribution is -0.174. The van der Waals surface area contributed by atoms with E-state index in [1.807, 2.05) is 11.8 Å². The van der Waals surface area contributed by atoms with Crippen molar-refractivity contribution in [2.24, 2.45) is 5.41 Å². The molecule has 0 atom stereocenters. The number of nitriles is 1. The van der Waals surface area contributed by atoms with Gasteiger partial charge in [-0.15, -0.1) is 0 Å². The van der Waals surface area contributed by atoms with Crippen LogP contribution in [0.2, 0.25) is 0 Å². The van der Waals surface area contributed by atoms with E-state index in [4.69, 9.17) is 5.26 Å².